The number of rotatable bonds is 4. The highest BCUT2D eigenvalue weighted by atomic mass is 16.3. The largest absolute Gasteiger partial charge is 0.393 e. The molecule has 0 aromatic heterocycles. The van der Waals surface area contributed by atoms with Gasteiger partial charge in [0.1, 0.15) is 0 Å². The zero-order chi connectivity index (χ0) is 22.8. The minimum atomic E-state index is -0.212. The molecule has 0 amide bonds. The Bertz CT molecular complexity index is 744. The van der Waals surface area contributed by atoms with Crippen LogP contribution in [0.25, 0.3) is 0 Å². The number of aliphatic hydroxyl groups excluding tert-OH is 2. The van der Waals surface area contributed by atoms with E-state index in [4.69, 9.17) is 0 Å². The molecule has 3 saturated carbocycles. The Balaban J connectivity index is 1.60. The summed E-state index contributed by atoms with van der Waals surface area (Å²) in [5.74, 6) is 3.06. The van der Waals surface area contributed by atoms with E-state index in [0.717, 1.165) is 32.1 Å². The van der Waals surface area contributed by atoms with Crippen LogP contribution in [0.15, 0.2) is 23.3 Å². The third-order valence-electron chi connectivity index (χ3n) is 10.8. The first kappa shape index (κ1) is 23.6. The summed E-state index contributed by atoms with van der Waals surface area (Å²) in [7, 11) is 0. The van der Waals surface area contributed by atoms with Crippen molar-refractivity contribution in [3.63, 3.8) is 0 Å². The summed E-state index contributed by atoms with van der Waals surface area (Å²) in [5, 5.41) is 22.0. The number of fused-ring (bicyclic) bond motifs is 5. The number of hydrogen-bond donors (Lipinski definition) is 2. The van der Waals surface area contributed by atoms with E-state index in [1.165, 1.54) is 30.4 Å². The van der Waals surface area contributed by atoms with Gasteiger partial charge in [0.15, 0.2) is 0 Å². The summed E-state index contributed by atoms with van der Waals surface area (Å²) < 4.78 is 0. The van der Waals surface area contributed by atoms with Crippen LogP contribution in [-0.4, -0.2) is 22.4 Å². The second-order valence-electron chi connectivity index (χ2n) is 13.1. The zero-order valence-electron chi connectivity index (χ0n) is 21.2. The van der Waals surface area contributed by atoms with Crippen LogP contribution in [-0.2, 0) is 0 Å². The van der Waals surface area contributed by atoms with Gasteiger partial charge in [-0.25, -0.2) is 0 Å². The van der Waals surface area contributed by atoms with Crippen molar-refractivity contribution in [1.29, 1.82) is 0 Å². The number of allylic oxidation sites excluding steroid dienone is 3. The average Bonchev–Trinajstić information content (AvgIpc) is 2.95. The minimum absolute atomic E-state index is 0.101. The first-order valence-electron chi connectivity index (χ1n) is 13.1. The molecule has 0 heterocycles. The average molecular weight is 429 g/mol. The molecule has 0 aliphatic heterocycles. The molecule has 2 nitrogen and oxygen atoms in total. The van der Waals surface area contributed by atoms with E-state index >= 15 is 0 Å². The third-order valence-corrected chi connectivity index (χ3v) is 10.8. The molecule has 4 aliphatic carbocycles. The van der Waals surface area contributed by atoms with Crippen molar-refractivity contribution in [2.75, 3.05) is 0 Å². The fourth-order valence-electron chi connectivity index (χ4n) is 9.29. The van der Waals surface area contributed by atoms with Crippen LogP contribution < -0.4 is 0 Å². The van der Waals surface area contributed by atoms with Crippen LogP contribution in [0.4, 0.5) is 0 Å². The number of aliphatic hydroxyl groups is 2. The van der Waals surface area contributed by atoms with Gasteiger partial charge in [0.05, 0.1) is 12.2 Å². The van der Waals surface area contributed by atoms with Crippen LogP contribution in [0.3, 0.4) is 0 Å². The molecule has 4 rings (SSSR count). The van der Waals surface area contributed by atoms with Gasteiger partial charge in [0.2, 0.25) is 0 Å². The minimum Gasteiger partial charge on any atom is -0.393 e. The molecule has 0 saturated heterocycles. The summed E-state index contributed by atoms with van der Waals surface area (Å²) in [5.41, 5.74) is 3.34. The van der Waals surface area contributed by atoms with Crippen LogP contribution in [0.1, 0.15) is 99.8 Å². The van der Waals surface area contributed by atoms with Crippen molar-refractivity contribution in [1.82, 2.24) is 0 Å². The normalized spacial score (nSPS) is 46.9. The summed E-state index contributed by atoms with van der Waals surface area (Å²) in [4.78, 5) is 0. The van der Waals surface area contributed by atoms with Gasteiger partial charge in [-0.1, -0.05) is 57.9 Å². The summed E-state index contributed by atoms with van der Waals surface area (Å²) in [6, 6.07) is 0. The van der Waals surface area contributed by atoms with Gasteiger partial charge in [-0.2, -0.15) is 0 Å². The van der Waals surface area contributed by atoms with E-state index < -0.39 is 0 Å². The van der Waals surface area contributed by atoms with E-state index in [2.05, 4.69) is 60.6 Å². The Hall–Kier alpha value is -0.600. The fraction of sp³-hybridized carbons (Fsp3) is 0.862. The van der Waals surface area contributed by atoms with Gasteiger partial charge >= 0.3 is 0 Å². The summed E-state index contributed by atoms with van der Waals surface area (Å²) in [6.07, 6.45) is 13.6. The molecule has 0 aromatic rings. The molecular weight excluding hydrogens is 380 g/mol. The maximum absolute atomic E-state index is 11.3. The Labute approximate surface area is 191 Å². The van der Waals surface area contributed by atoms with E-state index in [-0.39, 0.29) is 28.5 Å². The second kappa shape index (κ2) is 8.01. The topological polar surface area (TPSA) is 40.5 Å². The van der Waals surface area contributed by atoms with Gasteiger partial charge in [-0.3, -0.25) is 0 Å². The van der Waals surface area contributed by atoms with Crippen LogP contribution in [0.5, 0.6) is 0 Å². The van der Waals surface area contributed by atoms with Gasteiger partial charge in [0.25, 0.3) is 0 Å². The monoisotopic (exact) mass is 428 g/mol. The molecule has 4 aliphatic rings. The first-order valence-corrected chi connectivity index (χ1v) is 13.1. The highest BCUT2D eigenvalue weighted by Gasteiger charge is 2.63. The molecule has 3 fully saturated rings. The lowest BCUT2D eigenvalue weighted by Gasteiger charge is -2.61. The molecule has 0 radical (unpaired) electrons. The Morgan fingerprint density at radius 2 is 1.81 bits per heavy atom. The molecule has 31 heavy (non-hydrogen) atoms. The number of hydrogen-bond acceptors (Lipinski definition) is 2. The lowest BCUT2D eigenvalue weighted by atomic mass is 9.44. The molecule has 2 heteroatoms. The molecule has 9 atom stereocenters. The molecule has 176 valence electrons. The van der Waals surface area contributed by atoms with Crippen molar-refractivity contribution < 1.29 is 10.2 Å². The predicted molar refractivity (Wildman–Crippen MR) is 130 cm³/mol. The third kappa shape index (κ3) is 3.59. The van der Waals surface area contributed by atoms with E-state index in [9.17, 15) is 10.2 Å². The lowest BCUT2D eigenvalue weighted by Crippen LogP contribution is -2.54. The van der Waals surface area contributed by atoms with E-state index in [1.54, 1.807) is 0 Å². The standard InChI is InChI=1S/C29H48O2/c1-18(2)9-8-10-19(3)26-23(30)17-22-20-11-12-24-27(4,5)25(31)14-16-28(24,6)21(20)13-15-29(22,26)7/h9,12,19-23,25-26,30-31H,8,10-11,13-17H2,1-7H3/t19-,20-,21+,22+,23?,25+,26+,28-,29+/m1/s1. The van der Waals surface area contributed by atoms with Gasteiger partial charge in [-0.15, -0.1) is 0 Å². The molecule has 0 spiro atoms. The van der Waals surface area contributed by atoms with Crippen LogP contribution in [0, 0.1) is 45.8 Å². The van der Waals surface area contributed by atoms with Crippen molar-refractivity contribution in [3.05, 3.63) is 23.3 Å². The summed E-state index contributed by atoms with van der Waals surface area (Å²) >= 11 is 0. The van der Waals surface area contributed by atoms with Crippen molar-refractivity contribution in [3.8, 4) is 0 Å². The Kier molecular flexibility index (Phi) is 6.09. The maximum atomic E-state index is 11.3. The fourth-order valence-corrected chi connectivity index (χ4v) is 9.29. The van der Waals surface area contributed by atoms with Crippen LogP contribution >= 0.6 is 0 Å². The van der Waals surface area contributed by atoms with Crippen LogP contribution in [0.2, 0.25) is 0 Å². The smallest absolute Gasteiger partial charge is 0.0628 e. The summed E-state index contributed by atoms with van der Waals surface area (Å²) in [6.45, 7) is 16.3. The van der Waals surface area contributed by atoms with Crippen molar-refractivity contribution in [2.24, 2.45) is 45.8 Å². The van der Waals surface area contributed by atoms with Crippen molar-refractivity contribution >= 4 is 0 Å². The predicted octanol–water partition coefficient (Wildman–Crippen LogP) is 6.92. The van der Waals surface area contributed by atoms with Gasteiger partial charge in [-0.05, 0) is 106 Å². The SMILES string of the molecule is CC(C)=CCC[C@@H](C)[C@H]1C(O)C[C@H]2[C@@H]3CC=C4C(C)(C)[C@@H](O)CC[C@]4(C)[C@H]3CC[C@]12C. The molecular formula is C29H48O2. The Morgan fingerprint density at radius 3 is 2.48 bits per heavy atom. The molecule has 1 unspecified atom stereocenters. The lowest BCUT2D eigenvalue weighted by molar-refractivity contribution is -0.0804. The van der Waals surface area contributed by atoms with Gasteiger partial charge in [0, 0.05) is 5.41 Å². The zero-order valence-corrected chi connectivity index (χ0v) is 21.2. The maximum Gasteiger partial charge on any atom is 0.0628 e. The highest BCUT2D eigenvalue weighted by molar-refractivity contribution is 5.31. The van der Waals surface area contributed by atoms with Gasteiger partial charge < -0.3 is 10.2 Å². The highest BCUT2D eigenvalue weighted by Crippen LogP contribution is 2.68. The second-order valence-corrected chi connectivity index (χ2v) is 13.1. The molecule has 2 N–H and O–H groups in total. The molecule has 0 aromatic carbocycles. The van der Waals surface area contributed by atoms with E-state index in [1.807, 2.05) is 0 Å². The first-order chi connectivity index (χ1) is 14.4. The van der Waals surface area contributed by atoms with Crippen molar-refractivity contribution in [2.45, 2.75) is 112 Å². The Morgan fingerprint density at radius 1 is 1.10 bits per heavy atom. The molecule has 0 bridgehead atoms. The quantitative estimate of drug-likeness (QED) is 0.477. The van der Waals surface area contributed by atoms with E-state index in [0.29, 0.717) is 29.6 Å².